The van der Waals surface area contributed by atoms with Gasteiger partial charge in [0.2, 0.25) is 17.8 Å². The Morgan fingerprint density at radius 1 is 0.857 bits per heavy atom. The first-order valence-corrected chi connectivity index (χ1v) is 9.57. The maximum atomic E-state index is 5.45. The molecule has 4 rings (SSSR count). The number of nitrogens with zero attached hydrogens (tertiary/aromatic N) is 6. The van der Waals surface area contributed by atoms with Crippen molar-refractivity contribution in [3.8, 4) is 0 Å². The maximum Gasteiger partial charge on any atom is 0.250 e. The lowest BCUT2D eigenvalue weighted by Gasteiger charge is -2.30. The van der Waals surface area contributed by atoms with E-state index in [1.54, 1.807) is 0 Å². The van der Waals surface area contributed by atoms with E-state index >= 15 is 0 Å². The molecular weight excluding hydrogens is 358 g/mol. The first-order valence-electron chi connectivity index (χ1n) is 9.57. The number of anilines is 3. The van der Waals surface area contributed by atoms with E-state index in [-0.39, 0.29) is 0 Å². The van der Waals surface area contributed by atoms with Gasteiger partial charge < -0.3 is 19.3 Å². The molecule has 0 bridgehead atoms. The first kappa shape index (κ1) is 18.6. The molecule has 28 heavy (non-hydrogen) atoms. The average molecular weight is 383 g/mol. The van der Waals surface area contributed by atoms with Crippen LogP contribution in [0.25, 0.3) is 0 Å². The van der Waals surface area contributed by atoms with E-state index in [0.717, 1.165) is 37.5 Å². The molecule has 0 amide bonds. The average Bonchev–Trinajstić information content (AvgIpc) is 2.79. The summed E-state index contributed by atoms with van der Waals surface area (Å²) in [6.07, 6.45) is 0. The molecule has 1 N–H and O–H groups in total. The van der Waals surface area contributed by atoms with Crippen LogP contribution in [0.15, 0.2) is 35.4 Å². The van der Waals surface area contributed by atoms with Gasteiger partial charge in [-0.25, -0.2) is 5.43 Å². The number of benzene rings is 1. The fraction of sp³-hybridized carbons (Fsp3) is 0.474. The van der Waals surface area contributed by atoms with Gasteiger partial charge in [0, 0.05) is 26.2 Å². The summed E-state index contributed by atoms with van der Waals surface area (Å²) in [5.74, 6) is 1.73. The van der Waals surface area contributed by atoms with Crippen molar-refractivity contribution in [2.45, 2.75) is 6.92 Å². The number of aromatic nitrogens is 3. The van der Waals surface area contributed by atoms with E-state index in [1.165, 1.54) is 0 Å². The molecule has 3 heterocycles. The fourth-order valence-corrected chi connectivity index (χ4v) is 3.09. The van der Waals surface area contributed by atoms with Crippen LogP contribution >= 0.6 is 0 Å². The smallest absolute Gasteiger partial charge is 0.250 e. The third kappa shape index (κ3) is 4.55. The van der Waals surface area contributed by atoms with Gasteiger partial charge in [-0.2, -0.15) is 20.1 Å². The molecule has 1 aromatic heterocycles. The number of ether oxygens (including phenoxy) is 2. The summed E-state index contributed by atoms with van der Waals surface area (Å²) < 4.78 is 10.9. The van der Waals surface area contributed by atoms with Gasteiger partial charge in [-0.15, -0.1) is 0 Å². The number of morpholine rings is 2. The lowest BCUT2D eigenvalue weighted by Crippen LogP contribution is -2.40. The summed E-state index contributed by atoms with van der Waals surface area (Å²) in [6, 6.07) is 10.0. The van der Waals surface area contributed by atoms with Crippen LogP contribution in [-0.4, -0.2) is 73.3 Å². The van der Waals surface area contributed by atoms with Crippen LogP contribution in [0.1, 0.15) is 12.5 Å². The van der Waals surface area contributed by atoms with Crippen LogP contribution in [0.4, 0.5) is 17.8 Å². The van der Waals surface area contributed by atoms with E-state index in [0.29, 0.717) is 44.3 Å². The second kappa shape index (κ2) is 8.94. The van der Waals surface area contributed by atoms with E-state index in [1.807, 2.05) is 37.3 Å². The van der Waals surface area contributed by atoms with Crippen molar-refractivity contribution in [3.05, 3.63) is 35.9 Å². The zero-order chi connectivity index (χ0) is 19.2. The van der Waals surface area contributed by atoms with E-state index in [2.05, 4.69) is 30.3 Å². The van der Waals surface area contributed by atoms with E-state index < -0.39 is 0 Å². The number of hydrazone groups is 1. The molecule has 2 saturated heterocycles. The second-order valence-corrected chi connectivity index (χ2v) is 6.63. The number of hydrogen-bond acceptors (Lipinski definition) is 9. The molecule has 1 aromatic carbocycles. The van der Waals surface area contributed by atoms with Crippen molar-refractivity contribution in [3.63, 3.8) is 0 Å². The quantitative estimate of drug-likeness (QED) is 0.612. The molecule has 148 valence electrons. The standard InChI is InChI=1S/C19H25N7O2/c1-15(16-5-3-2-4-6-16)23-24-17-20-18(25-7-11-27-12-8-25)22-19(21-17)26-9-13-28-14-10-26/h2-6H,7-14H2,1H3,(H,20,21,22,24)/b23-15-. The number of rotatable bonds is 5. The Morgan fingerprint density at radius 3 is 1.93 bits per heavy atom. The molecule has 2 fully saturated rings. The zero-order valence-corrected chi connectivity index (χ0v) is 16.0. The third-order valence-electron chi connectivity index (χ3n) is 4.71. The van der Waals surface area contributed by atoms with Crippen molar-refractivity contribution in [2.24, 2.45) is 5.10 Å². The second-order valence-electron chi connectivity index (χ2n) is 6.63. The first-order chi connectivity index (χ1) is 13.8. The van der Waals surface area contributed by atoms with Crippen LogP contribution in [0, 0.1) is 0 Å². The number of hydrogen-bond donors (Lipinski definition) is 1. The predicted octanol–water partition coefficient (Wildman–Crippen LogP) is 1.38. The highest BCUT2D eigenvalue weighted by molar-refractivity contribution is 5.98. The molecule has 9 heteroatoms. The summed E-state index contributed by atoms with van der Waals surface area (Å²) in [6.45, 7) is 7.70. The largest absolute Gasteiger partial charge is 0.378 e. The molecule has 0 unspecified atom stereocenters. The van der Waals surface area contributed by atoms with E-state index in [9.17, 15) is 0 Å². The minimum absolute atomic E-state index is 0.438. The Bertz CT molecular complexity index is 767. The molecular formula is C19H25N7O2. The molecule has 0 atom stereocenters. The monoisotopic (exact) mass is 383 g/mol. The summed E-state index contributed by atoms with van der Waals surface area (Å²) in [4.78, 5) is 18.1. The summed E-state index contributed by atoms with van der Waals surface area (Å²) >= 11 is 0. The van der Waals surface area contributed by atoms with Gasteiger partial charge in [-0.05, 0) is 12.5 Å². The highest BCUT2D eigenvalue weighted by Crippen LogP contribution is 2.19. The molecule has 2 aliphatic heterocycles. The summed E-state index contributed by atoms with van der Waals surface area (Å²) in [7, 11) is 0. The van der Waals surface area contributed by atoms with Gasteiger partial charge in [0.15, 0.2) is 0 Å². The van der Waals surface area contributed by atoms with Crippen LogP contribution in [0.2, 0.25) is 0 Å². The predicted molar refractivity (Wildman–Crippen MR) is 108 cm³/mol. The highest BCUT2D eigenvalue weighted by Gasteiger charge is 2.20. The number of nitrogens with one attached hydrogen (secondary N) is 1. The van der Waals surface area contributed by atoms with Crippen molar-refractivity contribution < 1.29 is 9.47 Å². The van der Waals surface area contributed by atoms with Crippen molar-refractivity contribution >= 4 is 23.6 Å². The fourth-order valence-electron chi connectivity index (χ4n) is 3.09. The zero-order valence-electron chi connectivity index (χ0n) is 16.0. The molecule has 0 radical (unpaired) electrons. The molecule has 0 saturated carbocycles. The Labute approximate surface area is 164 Å². The van der Waals surface area contributed by atoms with Crippen LogP contribution < -0.4 is 15.2 Å². The normalized spacial score (nSPS) is 18.2. The van der Waals surface area contributed by atoms with Gasteiger partial charge in [0.05, 0.1) is 32.1 Å². The summed E-state index contributed by atoms with van der Waals surface area (Å²) in [5.41, 5.74) is 4.92. The van der Waals surface area contributed by atoms with Gasteiger partial charge in [-0.3, -0.25) is 0 Å². The topological polar surface area (TPSA) is 88.0 Å². The van der Waals surface area contributed by atoms with Gasteiger partial charge in [0.25, 0.3) is 0 Å². The third-order valence-corrected chi connectivity index (χ3v) is 4.71. The lowest BCUT2D eigenvalue weighted by molar-refractivity contribution is 0.121. The Morgan fingerprint density at radius 2 is 1.39 bits per heavy atom. The van der Waals surface area contributed by atoms with Crippen LogP contribution in [0.5, 0.6) is 0 Å². The van der Waals surface area contributed by atoms with Crippen molar-refractivity contribution in [2.75, 3.05) is 67.8 Å². The van der Waals surface area contributed by atoms with Crippen molar-refractivity contribution in [1.82, 2.24) is 15.0 Å². The van der Waals surface area contributed by atoms with Gasteiger partial charge in [-0.1, -0.05) is 30.3 Å². The molecule has 2 aliphatic rings. The SMILES string of the molecule is C/C(=N/Nc1nc(N2CCOCC2)nc(N2CCOCC2)n1)c1ccccc1. The summed E-state index contributed by atoms with van der Waals surface area (Å²) in [5, 5.41) is 4.46. The Hall–Kier alpha value is -2.78. The van der Waals surface area contributed by atoms with Crippen molar-refractivity contribution in [1.29, 1.82) is 0 Å². The highest BCUT2D eigenvalue weighted by atomic mass is 16.5. The van der Waals surface area contributed by atoms with E-state index in [4.69, 9.17) is 14.5 Å². The molecule has 0 aliphatic carbocycles. The molecule has 0 spiro atoms. The molecule has 9 nitrogen and oxygen atoms in total. The molecule has 2 aromatic rings. The van der Waals surface area contributed by atoms with Gasteiger partial charge in [0.1, 0.15) is 0 Å². The minimum Gasteiger partial charge on any atom is -0.378 e. The lowest BCUT2D eigenvalue weighted by atomic mass is 10.1. The van der Waals surface area contributed by atoms with Crippen LogP contribution in [0.3, 0.4) is 0 Å². The van der Waals surface area contributed by atoms with Crippen LogP contribution in [-0.2, 0) is 9.47 Å². The Balaban J connectivity index is 1.59. The minimum atomic E-state index is 0.438. The van der Waals surface area contributed by atoms with Gasteiger partial charge >= 0.3 is 0 Å². The Kier molecular flexibility index (Phi) is 5.93. The maximum absolute atomic E-state index is 5.45.